The summed E-state index contributed by atoms with van der Waals surface area (Å²) >= 11 is 4.15. The average Bonchev–Trinajstić information content (AvgIpc) is 1.72. The van der Waals surface area contributed by atoms with Gasteiger partial charge in [0.2, 0.25) is 0 Å². The third-order valence-corrected chi connectivity index (χ3v) is 0.508. The van der Waals surface area contributed by atoms with E-state index >= 15 is 0 Å². The molecule has 0 saturated carbocycles. The molecule has 0 rings (SSSR count). The van der Waals surface area contributed by atoms with Gasteiger partial charge in [-0.1, -0.05) is 0 Å². The molecule has 0 unspecified atom stereocenters. The first-order valence-corrected chi connectivity index (χ1v) is 1.78. The summed E-state index contributed by atoms with van der Waals surface area (Å²) in [6.45, 7) is 6.20. The Kier molecular flexibility index (Phi) is 40.3. The van der Waals surface area contributed by atoms with Gasteiger partial charge in [0.1, 0.15) is 0 Å². The van der Waals surface area contributed by atoms with Crippen molar-refractivity contribution in [2.45, 2.75) is 0 Å². The quantitative estimate of drug-likeness (QED) is 0.134. The van der Waals surface area contributed by atoms with Crippen molar-refractivity contribution in [1.82, 2.24) is 0 Å². The van der Waals surface area contributed by atoms with Crippen molar-refractivity contribution < 1.29 is 103 Å². The zero-order valence-corrected chi connectivity index (χ0v) is 13.7. The summed E-state index contributed by atoms with van der Waals surface area (Å²) in [7, 11) is 0. The van der Waals surface area contributed by atoms with Crippen LogP contribution in [0, 0.1) is 23.3 Å². The predicted octanol–water partition coefficient (Wildman–Crippen LogP) is -5.64. The minimum Gasteiger partial charge on any atom is -0.927 e. The Labute approximate surface area is 158 Å². The van der Waals surface area contributed by atoms with Gasteiger partial charge in [0, 0.05) is 0 Å². The van der Waals surface area contributed by atoms with Gasteiger partial charge in [0.25, 0.3) is 0 Å². The summed E-state index contributed by atoms with van der Waals surface area (Å²) in [5.41, 5.74) is -0.157. The molecule has 6 heteroatoms. The first-order valence-electron chi connectivity index (χ1n) is 1.37. The topological polar surface area (TPSA) is 28.1 Å². The van der Waals surface area contributed by atoms with Crippen molar-refractivity contribution >= 4 is 26.1 Å². The standard InChI is InChI=1S/C4N2S.2K.H2S/c1-6-4(2-5)3-7;;;/h;;;1H2/q-2;2*+1;/p-1. The molecule has 0 heterocycles. The molecule has 0 saturated heterocycles. The van der Waals surface area contributed by atoms with Crippen LogP contribution in [-0.2, 0) is 26.1 Å². The molecule has 0 aromatic carbocycles. The summed E-state index contributed by atoms with van der Waals surface area (Å²) in [6.07, 6.45) is 0. The molecular formula is C4HK2N2S2-. The zero-order valence-electron chi connectivity index (χ0n) is 5.75. The summed E-state index contributed by atoms with van der Waals surface area (Å²) in [5, 5.41) is 9.88. The van der Waals surface area contributed by atoms with E-state index in [-0.39, 0.29) is 122 Å². The number of allylic oxidation sites excluding steroid dienone is 1. The molecule has 0 bridgehead atoms. The second-order valence-corrected chi connectivity index (χ2v) is 0.878. The van der Waals surface area contributed by atoms with Crippen molar-refractivity contribution in [3.05, 3.63) is 22.5 Å². The van der Waals surface area contributed by atoms with E-state index in [0.29, 0.717) is 0 Å². The molecule has 0 aliphatic rings. The van der Waals surface area contributed by atoms with Crippen molar-refractivity contribution in [2.24, 2.45) is 0 Å². The van der Waals surface area contributed by atoms with Crippen LogP contribution in [0.25, 0.3) is 4.85 Å². The Bertz CT molecular complexity index is 151. The van der Waals surface area contributed by atoms with Gasteiger partial charge in [-0.3, -0.25) is 4.85 Å². The summed E-state index contributed by atoms with van der Waals surface area (Å²) in [6, 6.07) is 1.55. The van der Waals surface area contributed by atoms with Crippen LogP contribution in [0.4, 0.5) is 0 Å². The van der Waals surface area contributed by atoms with E-state index in [0.717, 1.165) is 0 Å². The maximum Gasteiger partial charge on any atom is 1.00 e. The normalized spacial score (nSPS) is 6.40. The maximum absolute atomic E-state index is 7.90. The smallest absolute Gasteiger partial charge is 0.927 e. The molecule has 0 spiro atoms. The van der Waals surface area contributed by atoms with Crippen LogP contribution in [0.2, 0.25) is 0 Å². The Balaban J connectivity index is -0.0000000600. The van der Waals surface area contributed by atoms with E-state index in [1.54, 1.807) is 6.07 Å². The minimum atomic E-state index is -0.157. The van der Waals surface area contributed by atoms with Gasteiger partial charge in [-0.2, -0.15) is 6.07 Å². The second-order valence-electron chi connectivity index (χ2n) is 0.674. The molecule has 2 nitrogen and oxygen atoms in total. The van der Waals surface area contributed by atoms with E-state index < -0.39 is 0 Å². The third kappa shape index (κ3) is 13.2. The van der Waals surface area contributed by atoms with Gasteiger partial charge in [-0.05, 0) is 0 Å². The molecule has 0 aromatic heterocycles. The Morgan fingerprint density at radius 1 is 1.60 bits per heavy atom. The predicted molar refractivity (Wildman–Crippen MR) is 35.1 cm³/mol. The second kappa shape index (κ2) is 17.6. The molecule has 0 fully saturated rings. The Morgan fingerprint density at radius 2 is 2.00 bits per heavy atom. The van der Waals surface area contributed by atoms with Gasteiger partial charge in [0.15, 0.2) is 0 Å². The van der Waals surface area contributed by atoms with E-state index in [1.807, 2.05) is 5.41 Å². The molecule has 0 N–H and O–H groups in total. The van der Waals surface area contributed by atoms with E-state index in [4.69, 9.17) is 11.8 Å². The van der Waals surface area contributed by atoms with Crippen molar-refractivity contribution in [3.63, 3.8) is 0 Å². The van der Waals surface area contributed by atoms with Crippen LogP contribution in [0.5, 0.6) is 0 Å². The molecule has 0 radical (unpaired) electrons. The first kappa shape index (κ1) is 22.9. The van der Waals surface area contributed by atoms with E-state index in [9.17, 15) is 0 Å². The van der Waals surface area contributed by atoms with Gasteiger partial charge < -0.3 is 36.8 Å². The fraction of sp³-hybridized carbons (Fsp3) is 0. The van der Waals surface area contributed by atoms with E-state index in [1.165, 1.54) is 0 Å². The van der Waals surface area contributed by atoms with Crippen LogP contribution in [-0.4, -0.2) is 0 Å². The Morgan fingerprint density at radius 3 is 2.00 bits per heavy atom. The summed E-state index contributed by atoms with van der Waals surface area (Å²) < 4.78 is 0. The number of nitriles is 1. The summed E-state index contributed by atoms with van der Waals surface area (Å²) in [5.74, 6) is 0. The molecule has 0 aliphatic carbocycles. The van der Waals surface area contributed by atoms with Crippen LogP contribution in [0.3, 0.4) is 0 Å². The molecular weight excluding hydrogens is 218 g/mol. The fourth-order valence-corrected chi connectivity index (χ4v) is 0.162. The van der Waals surface area contributed by atoms with Gasteiger partial charge in [-0.15, -0.1) is 0 Å². The SMILES string of the molecule is [C-]#[N+]C(C#N)=[C-][S-].[K+].[K+].[SH-]. The molecule has 0 aliphatic heterocycles. The van der Waals surface area contributed by atoms with Crippen LogP contribution >= 0.6 is 0 Å². The average molecular weight is 219 g/mol. The van der Waals surface area contributed by atoms with Crippen LogP contribution in [0.15, 0.2) is 5.70 Å². The number of hydrogen-bond acceptors (Lipinski definition) is 3. The van der Waals surface area contributed by atoms with Gasteiger partial charge in [-0.25, -0.2) is 0 Å². The van der Waals surface area contributed by atoms with Gasteiger partial charge >= 0.3 is 103 Å². The summed E-state index contributed by atoms with van der Waals surface area (Å²) in [4.78, 5) is 2.72. The number of hydrogen-bond donors (Lipinski definition) is 0. The van der Waals surface area contributed by atoms with E-state index in [2.05, 4.69) is 17.5 Å². The largest absolute Gasteiger partial charge is 1.00 e. The number of thiol groups is 1. The molecule has 0 amide bonds. The van der Waals surface area contributed by atoms with Crippen molar-refractivity contribution in [2.75, 3.05) is 0 Å². The van der Waals surface area contributed by atoms with Crippen LogP contribution < -0.4 is 103 Å². The Hall–Kier alpha value is 2.56. The maximum atomic E-state index is 7.90. The molecule has 10 heavy (non-hydrogen) atoms. The monoisotopic (exact) mass is 219 g/mol. The molecule has 42 valence electrons. The number of nitrogens with zero attached hydrogens (tertiary/aromatic N) is 2. The third-order valence-electron chi connectivity index (χ3n) is 0.314. The fourth-order valence-electron chi connectivity index (χ4n) is 0.0706. The van der Waals surface area contributed by atoms with Crippen molar-refractivity contribution in [3.8, 4) is 6.07 Å². The zero-order chi connectivity index (χ0) is 5.70. The van der Waals surface area contributed by atoms with Crippen molar-refractivity contribution in [1.29, 1.82) is 5.26 Å². The minimum absolute atomic E-state index is 0. The first-order chi connectivity index (χ1) is 3.35. The molecule has 0 aromatic rings. The van der Waals surface area contributed by atoms with Gasteiger partial charge in [0.05, 0.1) is 12.3 Å². The molecule has 0 atom stereocenters. The number of rotatable bonds is 0. The van der Waals surface area contributed by atoms with Crippen LogP contribution in [0.1, 0.15) is 0 Å².